The molecule has 1 atom stereocenters. The lowest BCUT2D eigenvalue weighted by atomic mass is 9.93. The van der Waals surface area contributed by atoms with Crippen molar-refractivity contribution >= 4 is 11.8 Å². The first-order chi connectivity index (χ1) is 8.75. The smallest absolute Gasteiger partial charge is 0.222 e. The molecule has 1 aromatic heterocycles. The minimum Gasteiger partial charge on any atom is -0.383 e. The Morgan fingerprint density at radius 1 is 1.11 bits per heavy atom. The zero-order valence-electron chi connectivity index (χ0n) is 9.93. The lowest BCUT2D eigenvalue weighted by Crippen LogP contribution is -2.32. The summed E-state index contributed by atoms with van der Waals surface area (Å²) in [4.78, 5) is 8.36. The molecule has 0 spiro atoms. The van der Waals surface area contributed by atoms with Crippen molar-refractivity contribution in [2.24, 2.45) is 0 Å². The second kappa shape index (κ2) is 4.27. The van der Waals surface area contributed by atoms with Crippen LogP contribution in [0.25, 0.3) is 0 Å². The van der Waals surface area contributed by atoms with E-state index in [0.29, 0.717) is 5.82 Å². The summed E-state index contributed by atoms with van der Waals surface area (Å²) >= 11 is 0. The van der Waals surface area contributed by atoms with E-state index in [-0.39, 0.29) is 12.0 Å². The number of nitrogen functional groups attached to an aromatic ring is 2. The van der Waals surface area contributed by atoms with Gasteiger partial charge in [-0.25, -0.2) is 4.98 Å². The lowest BCUT2D eigenvalue weighted by Gasteiger charge is -2.27. The number of hydrogen-bond donors (Lipinski definition) is 3. The summed E-state index contributed by atoms with van der Waals surface area (Å²) in [6.45, 7) is 0.864. The maximum atomic E-state index is 6.00. The predicted octanol–water partition coefficient (Wildman–Crippen LogP) is 0.876. The van der Waals surface area contributed by atoms with Crippen molar-refractivity contribution in [2.45, 2.75) is 12.5 Å². The molecule has 3 rings (SSSR count). The molecule has 18 heavy (non-hydrogen) atoms. The molecule has 0 aliphatic carbocycles. The Labute approximate surface area is 105 Å². The van der Waals surface area contributed by atoms with Crippen molar-refractivity contribution in [3.05, 3.63) is 47.2 Å². The van der Waals surface area contributed by atoms with Gasteiger partial charge in [0, 0.05) is 18.5 Å². The first kappa shape index (κ1) is 11.0. The maximum Gasteiger partial charge on any atom is 0.222 e. The molecule has 0 fully saturated rings. The minimum atomic E-state index is 0.0514. The number of nitrogens with two attached hydrogens (primary N) is 2. The highest BCUT2D eigenvalue weighted by molar-refractivity contribution is 5.52. The number of fused-ring (bicyclic) bond motifs is 1. The van der Waals surface area contributed by atoms with Gasteiger partial charge in [0.25, 0.3) is 0 Å². The minimum absolute atomic E-state index is 0.0514. The molecule has 1 aromatic carbocycles. The van der Waals surface area contributed by atoms with Gasteiger partial charge >= 0.3 is 0 Å². The van der Waals surface area contributed by atoms with Crippen molar-refractivity contribution in [3.8, 4) is 0 Å². The standard InChI is InChI=1S/C13H15N5/c14-12-10-9(17-13(15)18-12)6-7-16-11(10)8-4-2-1-3-5-8/h1-5,11,16H,6-7H2,(H4,14,15,17,18). The van der Waals surface area contributed by atoms with Crippen LogP contribution in [-0.2, 0) is 6.42 Å². The van der Waals surface area contributed by atoms with Crippen LogP contribution in [0, 0.1) is 0 Å². The second-order valence-corrected chi connectivity index (χ2v) is 4.38. The number of anilines is 2. The van der Waals surface area contributed by atoms with Crippen molar-refractivity contribution in [2.75, 3.05) is 18.0 Å². The highest BCUT2D eigenvalue weighted by atomic mass is 15.1. The quantitative estimate of drug-likeness (QED) is 0.689. The zero-order valence-corrected chi connectivity index (χ0v) is 9.93. The Balaban J connectivity index is 2.12. The summed E-state index contributed by atoms with van der Waals surface area (Å²) in [5, 5.41) is 3.45. The van der Waals surface area contributed by atoms with E-state index in [4.69, 9.17) is 11.5 Å². The fourth-order valence-corrected chi connectivity index (χ4v) is 2.43. The van der Waals surface area contributed by atoms with E-state index in [2.05, 4.69) is 27.4 Å². The average molecular weight is 241 g/mol. The van der Waals surface area contributed by atoms with Crippen molar-refractivity contribution in [3.63, 3.8) is 0 Å². The largest absolute Gasteiger partial charge is 0.383 e. The molecule has 2 aromatic rings. The third-order valence-corrected chi connectivity index (χ3v) is 3.20. The molecule has 0 saturated heterocycles. The molecule has 0 amide bonds. The van der Waals surface area contributed by atoms with Gasteiger partial charge in [0.2, 0.25) is 5.95 Å². The molecule has 5 heteroatoms. The third kappa shape index (κ3) is 1.78. The van der Waals surface area contributed by atoms with Gasteiger partial charge < -0.3 is 16.8 Å². The van der Waals surface area contributed by atoms with Crippen LogP contribution in [0.3, 0.4) is 0 Å². The molecule has 0 radical (unpaired) electrons. The molecule has 1 aliphatic heterocycles. The summed E-state index contributed by atoms with van der Waals surface area (Å²) in [6.07, 6.45) is 0.829. The van der Waals surface area contributed by atoms with Gasteiger partial charge in [0.05, 0.1) is 11.7 Å². The van der Waals surface area contributed by atoms with E-state index < -0.39 is 0 Å². The van der Waals surface area contributed by atoms with E-state index >= 15 is 0 Å². The van der Waals surface area contributed by atoms with Gasteiger partial charge in [-0.05, 0) is 5.56 Å². The van der Waals surface area contributed by atoms with Crippen LogP contribution in [0.1, 0.15) is 22.9 Å². The van der Waals surface area contributed by atoms with Crippen molar-refractivity contribution in [1.29, 1.82) is 0 Å². The van der Waals surface area contributed by atoms with Crippen molar-refractivity contribution in [1.82, 2.24) is 15.3 Å². The zero-order chi connectivity index (χ0) is 12.5. The Hall–Kier alpha value is -2.14. The highest BCUT2D eigenvalue weighted by Crippen LogP contribution is 2.31. The van der Waals surface area contributed by atoms with Gasteiger partial charge in [0.1, 0.15) is 5.82 Å². The van der Waals surface area contributed by atoms with Gasteiger partial charge in [-0.3, -0.25) is 0 Å². The number of rotatable bonds is 1. The number of nitrogens with zero attached hydrogens (tertiary/aromatic N) is 2. The Morgan fingerprint density at radius 3 is 2.67 bits per heavy atom. The monoisotopic (exact) mass is 241 g/mol. The molecular weight excluding hydrogens is 226 g/mol. The van der Waals surface area contributed by atoms with E-state index in [1.807, 2.05) is 18.2 Å². The van der Waals surface area contributed by atoms with Crippen LogP contribution < -0.4 is 16.8 Å². The summed E-state index contributed by atoms with van der Waals surface area (Å²) in [7, 11) is 0. The molecular formula is C13H15N5. The van der Waals surface area contributed by atoms with Crippen LogP contribution in [0.15, 0.2) is 30.3 Å². The first-order valence-corrected chi connectivity index (χ1v) is 5.96. The molecule has 92 valence electrons. The van der Waals surface area contributed by atoms with E-state index in [0.717, 1.165) is 24.2 Å². The summed E-state index contributed by atoms with van der Waals surface area (Å²) < 4.78 is 0. The topological polar surface area (TPSA) is 89.8 Å². The van der Waals surface area contributed by atoms with Crippen molar-refractivity contribution < 1.29 is 0 Å². The SMILES string of the molecule is Nc1nc(N)c2c(n1)CCNC2c1ccccc1. The van der Waals surface area contributed by atoms with E-state index in [9.17, 15) is 0 Å². The average Bonchev–Trinajstić information content (AvgIpc) is 2.38. The number of nitrogens with one attached hydrogen (secondary N) is 1. The highest BCUT2D eigenvalue weighted by Gasteiger charge is 2.25. The van der Waals surface area contributed by atoms with Crippen LogP contribution in [0.5, 0.6) is 0 Å². The molecule has 0 bridgehead atoms. The van der Waals surface area contributed by atoms with E-state index in [1.165, 1.54) is 5.56 Å². The summed E-state index contributed by atoms with van der Waals surface area (Å²) in [6, 6.07) is 10.2. The fourth-order valence-electron chi connectivity index (χ4n) is 2.43. The van der Waals surface area contributed by atoms with Gasteiger partial charge in [-0.15, -0.1) is 0 Å². The van der Waals surface area contributed by atoms with Crippen LogP contribution in [0.4, 0.5) is 11.8 Å². The molecule has 1 unspecified atom stereocenters. The molecule has 2 heterocycles. The van der Waals surface area contributed by atoms with Gasteiger partial charge in [0.15, 0.2) is 0 Å². The van der Waals surface area contributed by atoms with E-state index in [1.54, 1.807) is 0 Å². The molecule has 5 nitrogen and oxygen atoms in total. The Bertz CT molecular complexity index is 567. The number of benzene rings is 1. The summed E-state index contributed by atoms with van der Waals surface area (Å²) in [5.41, 5.74) is 14.7. The van der Waals surface area contributed by atoms with Gasteiger partial charge in [-0.2, -0.15) is 4.98 Å². The molecule has 0 saturated carbocycles. The molecule has 5 N–H and O–H groups in total. The fraction of sp³-hybridized carbons (Fsp3) is 0.231. The van der Waals surface area contributed by atoms with Crippen LogP contribution >= 0.6 is 0 Å². The van der Waals surface area contributed by atoms with Gasteiger partial charge in [-0.1, -0.05) is 30.3 Å². The first-order valence-electron chi connectivity index (χ1n) is 5.96. The third-order valence-electron chi connectivity index (χ3n) is 3.20. The molecule has 1 aliphatic rings. The maximum absolute atomic E-state index is 6.00. The van der Waals surface area contributed by atoms with Crippen LogP contribution in [0.2, 0.25) is 0 Å². The second-order valence-electron chi connectivity index (χ2n) is 4.38. The van der Waals surface area contributed by atoms with Crippen LogP contribution in [-0.4, -0.2) is 16.5 Å². The summed E-state index contributed by atoms with van der Waals surface area (Å²) in [5.74, 6) is 0.721. The Morgan fingerprint density at radius 2 is 1.89 bits per heavy atom. The number of hydrogen-bond acceptors (Lipinski definition) is 5. The number of aromatic nitrogens is 2. The normalized spacial score (nSPS) is 18.3. The Kier molecular flexibility index (Phi) is 2.60. The lowest BCUT2D eigenvalue weighted by molar-refractivity contribution is 0.558. The predicted molar refractivity (Wildman–Crippen MR) is 70.8 cm³/mol.